The number of hydrogen-bond acceptors (Lipinski definition) is 2. The van der Waals surface area contributed by atoms with Crippen molar-refractivity contribution in [2.75, 3.05) is 6.54 Å². The van der Waals surface area contributed by atoms with Crippen molar-refractivity contribution in [3.63, 3.8) is 0 Å². The first-order valence-electron chi connectivity index (χ1n) is 3.95. The number of halogens is 2. The van der Waals surface area contributed by atoms with Crippen LogP contribution in [0.4, 0.5) is 0 Å². The summed E-state index contributed by atoms with van der Waals surface area (Å²) in [7, 11) is 0. The molecule has 0 radical (unpaired) electrons. The number of nitrogens with zero attached hydrogens (tertiary/aromatic N) is 2. The maximum Gasteiger partial charge on any atom is 0.0596 e. The van der Waals surface area contributed by atoms with Crippen molar-refractivity contribution in [3.05, 3.63) is 17.5 Å². The van der Waals surface area contributed by atoms with Crippen molar-refractivity contribution in [2.24, 2.45) is 5.73 Å². The van der Waals surface area contributed by atoms with Crippen LogP contribution in [0.1, 0.15) is 17.8 Å². The topological polar surface area (TPSA) is 43.8 Å². The smallest absolute Gasteiger partial charge is 0.0596 e. The monoisotopic (exact) mass is 225 g/mol. The first-order chi connectivity index (χ1) is 5.24. The largest absolute Gasteiger partial charge is 0.330 e. The van der Waals surface area contributed by atoms with E-state index in [1.54, 1.807) is 0 Å². The van der Waals surface area contributed by atoms with Gasteiger partial charge in [0.2, 0.25) is 0 Å². The third kappa shape index (κ3) is 4.50. The first kappa shape index (κ1) is 15.2. The number of rotatable bonds is 3. The molecule has 0 aliphatic carbocycles. The van der Waals surface area contributed by atoms with Crippen LogP contribution in [-0.2, 0) is 6.54 Å². The molecule has 0 aliphatic rings. The Labute approximate surface area is 91.5 Å². The van der Waals surface area contributed by atoms with E-state index >= 15 is 0 Å². The van der Waals surface area contributed by atoms with Gasteiger partial charge in [0.1, 0.15) is 0 Å². The minimum absolute atomic E-state index is 0. The Balaban J connectivity index is 0. The lowest BCUT2D eigenvalue weighted by Crippen LogP contribution is -2.08. The van der Waals surface area contributed by atoms with E-state index in [0.717, 1.165) is 25.2 Å². The van der Waals surface area contributed by atoms with Gasteiger partial charge in [-0.1, -0.05) is 0 Å². The molecule has 0 spiro atoms. The highest BCUT2D eigenvalue weighted by molar-refractivity contribution is 5.85. The van der Waals surface area contributed by atoms with Gasteiger partial charge in [0.05, 0.1) is 5.69 Å². The quantitative estimate of drug-likeness (QED) is 0.852. The minimum atomic E-state index is 0. The first-order valence-corrected chi connectivity index (χ1v) is 3.95. The number of aromatic nitrogens is 2. The molecule has 0 saturated carbocycles. The molecule has 1 aromatic heterocycles. The Kier molecular flexibility index (Phi) is 8.42. The van der Waals surface area contributed by atoms with Crippen LogP contribution in [0.2, 0.25) is 0 Å². The summed E-state index contributed by atoms with van der Waals surface area (Å²) in [6, 6.07) is 2.08. The second-order valence-electron chi connectivity index (χ2n) is 2.79. The standard InChI is InChI=1S/C8H15N3.2ClH/c1-7-6-8(2)11(10-7)5-3-4-9;;/h6H,3-5,9H2,1-2H3;2*1H. The van der Waals surface area contributed by atoms with Gasteiger partial charge in [-0.25, -0.2) is 0 Å². The van der Waals surface area contributed by atoms with E-state index in [1.165, 1.54) is 5.69 Å². The van der Waals surface area contributed by atoms with Crippen molar-refractivity contribution in [3.8, 4) is 0 Å². The zero-order valence-corrected chi connectivity index (χ0v) is 9.62. The van der Waals surface area contributed by atoms with Gasteiger partial charge in [0, 0.05) is 12.2 Å². The molecule has 0 saturated heterocycles. The van der Waals surface area contributed by atoms with E-state index < -0.39 is 0 Å². The van der Waals surface area contributed by atoms with Crippen LogP contribution in [0.3, 0.4) is 0 Å². The molecule has 1 rings (SSSR count). The van der Waals surface area contributed by atoms with Gasteiger partial charge in [0.25, 0.3) is 0 Å². The highest BCUT2D eigenvalue weighted by Gasteiger charge is 1.98. The summed E-state index contributed by atoms with van der Waals surface area (Å²) in [6.45, 7) is 5.75. The van der Waals surface area contributed by atoms with Gasteiger partial charge in [0.15, 0.2) is 0 Å². The molecule has 2 N–H and O–H groups in total. The molecule has 0 amide bonds. The van der Waals surface area contributed by atoms with E-state index in [0.29, 0.717) is 0 Å². The van der Waals surface area contributed by atoms with Gasteiger partial charge in [-0.15, -0.1) is 24.8 Å². The van der Waals surface area contributed by atoms with E-state index in [9.17, 15) is 0 Å². The predicted octanol–water partition coefficient (Wildman–Crippen LogP) is 1.69. The molecule has 1 heterocycles. The van der Waals surface area contributed by atoms with Crippen molar-refractivity contribution < 1.29 is 0 Å². The highest BCUT2D eigenvalue weighted by Crippen LogP contribution is 2.01. The second-order valence-corrected chi connectivity index (χ2v) is 2.79. The molecular formula is C8H17Cl2N3. The van der Waals surface area contributed by atoms with Gasteiger partial charge >= 0.3 is 0 Å². The van der Waals surface area contributed by atoms with E-state index in [4.69, 9.17) is 5.73 Å². The minimum Gasteiger partial charge on any atom is -0.330 e. The van der Waals surface area contributed by atoms with Crippen LogP contribution in [-0.4, -0.2) is 16.3 Å². The zero-order valence-electron chi connectivity index (χ0n) is 7.99. The maximum absolute atomic E-state index is 5.39. The van der Waals surface area contributed by atoms with Crippen molar-refractivity contribution in [2.45, 2.75) is 26.8 Å². The van der Waals surface area contributed by atoms with E-state index in [1.807, 2.05) is 11.6 Å². The average molecular weight is 226 g/mol. The molecule has 13 heavy (non-hydrogen) atoms. The van der Waals surface area contributed by atoms with Gasteiger partial charge in [-0.05, 0) is 32.9 Å². The van der Waals surface area contributed by atoms with Gasteiger partial charge in [-0.3, -0.25) is 4.68 Å². The molecule has 0 atom stereocenters. The Morgan fingerprint density at radius 2 is 2.00 bits per heavy atom. The molecule has 78 valence electrons. The number of aryl methyl sites for hydroxylation is 3. The third-order valence-electron chi connectivity index (χ3n) is 1.68. The highest BCUT2D eigenvalue weighted by atomic mass is 35.5. The SMILES string of the molecule is Cc1cc(C)n(CCCN)n1.Cl.Cl. The average Bonchev–Trinajstić information content (AvgIpc) is 2.26. The van der Waals surface area contributed by atoms with Crippen LogP contribution in [0.5, 0.6) is 0 Å². The Morgan fingerprint density at radius 3 is 2.38 bits per heavy atom. The molecule has 0 fully saturated rings. The molecule has 0 unspecified atom stereocenters. The van der Waals surface area contributed by atoms with Gasteiger partial charge < -0.3 is 5.73 Å². The normalized spacial score (nSPS) is 8.85. The summed E-state index contributed by atoms with van der Waals surface area (Å²) in [5, 5.41) is 4.31. The van der Waals surface area contributed by atoms with Gasteiger partial charge in [-0.2, -0.15) is 5.10 Å². The summed E-state index contributed by atoms with van der Waals surface area (Å²) in [5.74, 6) is 0. The Morgan fingerprint density at radius 1 is 1.38 bits per heavy atom. The number of hydrogen-bond donors (Lipinski definition) is 1. The lowest BCUT2D eigenvalue weighted by Gasteiger charge is -2.00. The van der Waals surface area contributed by atoms with Crippen molar-refractivity contribution in [1.29, 1.82) is 0 Å². The van der Waals surface area contributed by atoms with Crippen LogP contribution in [0.15, 0.2) is 6.07 Å². The molecule has 3 nitrogen and oxygen atoms in total. The van der Waals surface area contributed by atoms with E-state index in [-0.39, 0.29) is 24.8 Å². The zero-order chi connectivity index (χ0) is 8.27. The predicted molar refractivity (Wildman–Crippen MR) is 59.9 cm³/mol. The maximum atomic E-state index is 5.39. The fraction of sp³-hybridized carbons (Fsp3) is 0.625. The van der Waals surface area contributed by atoms with Crippen LogP contribution < -0.4 is 5.73 Å². The third-order valence-corrected chi connectivity index (χ3v) is 1.68. The summed E-state index contributed by atoms with van der Waals surface area (Å²) in [6.07, 6.45) is 1.00. The fourth-order valence-electron chi connectivity index (χ4n) is 1.14. The molecule has 5 heteroatoms. The molecule has 1 aromatic rings. The summed E-state index contributed by atoms with van der Waals surface area (Å²) >= 11 is 0. The van der Waals surface area contributed by atoms with Crippen molar-refractivity contribution in [1.82, 2.24) is 9.78 Å². The van der Waals surface area contributed by atoms with Crippen molar-refractivity contribution >= 4 is 24.8 Å². The van der Waals surface area contributed by atoms with E-state index in [2.05, 4.69) is 18.1 Å². The Bertz CT molecular complexity index is 235. The lowest BCUT2D eigenvalue weighted by atomic mass is 10.4. The van der Waals surface area contributed by atoms with Crippen LogP contribution in [0, 0.1) is 13.8 Å². The lowest BCUT2D eigenvalue weighted by molar-refractivity contribution is 0.568. The fourth-order valence-corrected chi connectivity index (χ4v) is 1.14. The number of nitrogens with two attached hydrogens (primary N) is 1. The summed E-state index contributed by atoms with van der Waals surface area (Å²) in [5.41, 5.74) is 7.69. The molecular weight excluding hydrogens is 209 g/mol. The molecule has 0 aromatic carbocycles. The summed E-state index contributed by atoms with van der Waals surface area (Å²) in [4.78, 5) is 0. The molecule has 0 bridgehead atoms. The molecule has 0 aliphatic heterocycles. The van der Waals surface area contributed by atoms with Crippen LogP contribution >= 0.6 is 24.8 Å². The Hall–Kier alpha value is -0.250. The van der Waals surface area contributed by atoms with Crippen LogP contribution in [0.25, 0.3) is 0 Å². The second kappa shape index (κ2) is 7.18. The summed E-state index contributed by atoms with van der Waals surface area (Å²) < 4.78 is 2.00.